The van der Waals surface area contributed by atoms with E-state index in [9.17, 15) is 19.2 Å². The highest BCUT2D eigenvalue weighted by Gasteiger charge is 2.49. The second-order valence-electron chi connectivity index (χ2n) is 9.03. The Balaban J connectivity index is 1.25. The third-order valence-corrected chi connectivity index (χ3v) is 6.79. The molecule has 5 amide bonds. The summed E-state index contributed by atoms with van der Waals surface area (Å²) < 4.78 is 0. The molecule has 8 heteroatoms. The van der Waals surface area contributed by atoms with Crippen molar-refractivity contribution in [1.82, 2.24) is 10.2 Å². The second kappa shape index (κ2) is 8.03. The fourth-order valence-corrected chi connectivity index (χ4v) is 4.91. The number of aryl methyl sites for hydroxylation is 2. The first-order chi connectivity index (χ1) is 15.8. The van der Waals surface area contributed by atoms with E-state index in [0.717, 1.165) is 41.8 Å². The van der Waals surface area contributed by atoms with Crippen LogP contribution in [0.25, 0.3) is 0 Å². The van der Waals surface area contributed by atoms with Gasteiger partial charge >= 0.3 is 6.03 Å². The minimum atomic E-state index is -1.20. The third-order valence-electron chi connectivity index (χ3n) is 6.79. The quantitative estimate of drug-likeness (QED) is 0.690. The lowest BCUT2D eigenvalue weighted by Crippen LogP contribution is -2.42. The van der Waals surface area contributed by atoms with Gasteiger partial charge < -0.3 is 15.5 Å². The lowest BCUT2D eigenvalue weighted by molar-refractivity contribution is -0.133. The number of hydrogen-bond donors (Lipinski definition) is 2. The van der Waals surface area contributed by atoms with Crippen molar-refractivity contribution in [3.05, 3.63) is 59.2 Å². The van der Waals surface area contributed by atoms with Crippen LogP contribution in [0, 0.1) is 0 Å². The molecule has 1 atom stereocenters. The summed E-state index contributed by atoms with van der Waals surface area (Å²) in [7, 11) is 0. The molecule has 2 aromatic carbocycles. The largest absolute Gasteiger partial charge is 0.325 e. The van der Waals surface area contributed by atoms with Crippen molar-refractivity contribution in [1.29, 1.82) is 0 Å². The Hall–Kier alpha value is -3.68. The monoisotopic (exact) mass is 446 g/mol. The first-order valence-corrected chi connectivity index (χ1v) is 11.3. The average molecular weight is 447 g/mol. The Morgan fingerprint density at radius 2 is 1.76 bits per heavy atom. The summed E-state index contributed by atoms with van der Waals surface area (Å²) in [6.07, 6.45) is 4.49. The summed E-state index contributed by atoms with van der Waals surface area (Å²) in [5.41, 5.74) is 3.36. The van der Waals surface area contributed by atoms with Gasteiger partial charge in [-0.1, -0.05) is 18.2 Å². The Labute approximate surface area is 191 Å². The van der Waals surface area contributed by atoms with Gasteiger partial charge in [0.15, 0.2) is 0 Å². The van der Waals surface area contributed by atoms with Gasteiger partial charge in [0.2, 0.25) is 11.8 Å². The van der Waals surface area contributed by atoms with Crippen LogP contribution in [0.1, 0.15) is 42.9 Å². The smallest absolute Gasteiger partial charge is 0.325 e. The maximum Gasteiger partial charge on any atom is 0.325 e. The molecule has 2 saturated heterocycles. The van der Waals surface area contributed by atoms with Crippen molar-refractivity contribution in [2.24, 2.45) is 0 Å². The van der Waals surface area contributed by atoms with E-state index in [4.69, 9.17) is 0 Å². The Kier molecular flexibility index (Phi) is 5.15. The number of carbonyl (C=O) groups excluding carboxylic acids is 4. The van der Waals surface area contributed by atoms with E-state index >= 15 is 0 Å². The van der Waals surface area contributed by atoms with Gasteiger partial charge in [-0.2, -0.15) is 0 Å². The number of rotatable bonds is 5. The minimum Gasteiger partial charge on any atom is -0.325 e. The fraction of sp³-hybridized carbons (Fsp3) is 0.360. The van der Waals surface area contributed by atoms with Gasteiger partial charge in [0, 0.05) is 24.3 Å². The summed E-state index contributed by atoms with van der Waals surface area (Å²) in [4.78, 5) is 52.9. The highest BCUT2D eigenvalue weighted by atomic mass is 16.2. The molecule has 0 spiro atoms. The number of fused-ring (bicyclic) bond motifs is 1. The molecule has 0 radical (unpaired) electrons. The highest BCUT2D eigenvalue weighted by molar-refractivity contribution is 6.10. The van der Waals surface area contributed by atoms with Crippen LogP contribution in [0.15, 0.2) is 42.5 Å². The molecule has 0 bridgehead atoms. The highest BCUT2D eigenvalue weighted by Crippen LogP contribution is 2.32. The molecule has 3 aliphatic rings. The molecule has 2 N–H and O–H groups in total. The topological polar surface area (TPSA) is 98.8 Å². The maximum atomic E-state index is 13.2. The molecular formula is C25H26N4O4. The number of urea groups is 1. The van der Waals surface area contributed by atoms with E-state index in [-0.39, 0.29) is 12.5 Å². The van der Waals surface area contributed by atoms with E-state index in [0.29, 0.717) is 18.7 Å². The van der Waals surface area contributed by atoms with Crippen LogP contribution < -0.4 is 15.5 Å². The lowest BCUT2D eigenvalue weighted by atomic mass is 9.89. The van der Waals surface area contributed by atoms with Crippen LogP contribution in [0.5, 0.6) is 0 Å². The van der Waals surface area contributed by atoms with Crippen LogP contribution in [-0.2, 0) is 32.8 Å². The van der Waals surface area contributed by atoms with Gasteiger partial charge in [-0.15, -0.1) is 0 Å². The normalized spacial score (nSPS) is 22.0. The molecule has 2 aromatic rings. The summed E-state index contributed by atoms with van der Waals surface area (Å²) >= 11 is 0. The van der Waals surface area contributed by atoms with Gasteiger partial charge in [0.1, 0.15) is 12.1 Å². The molecule has 1 aliphatic carbocycles. The predicted molar refractivity (Wildman–Crippen MR) is 123 cm³/mol. The zero-order chi connectivity index (χ0) is 23.2. The standard InChI is InChI=1S/C25H26N4O4/c1-25(18-8-7-16-4-2-5-17(16)14-18)23(32)29(24(33)27-25)15-21(30)26-19-9-11-20(12-10-19)28-13-3-6-22(28)31/h7-12,14H,2-6,13,15H2,1H3,(H,26,30)(H,27,33)/t25-/m0/s1. The van der Waals surface area contributed by atoms with Crippen LogP contribution >= 0.6 is 0 Å². The van der Waals surface area contributed by atoms with Crippen molar-refractivity contribution < 1.29 is 19.2 Å². The van der Waals surface area contributed by atoms with Crippen molar-refractivity contribution >= 4 is 35.1 Å². The Bertz CT molecular complexity index is 1160. The first-order valence-electron chi connectivity index (χ1n) is 11.3. The van der Waals surface area contributed by atoms with E-state index in [2.05, 4.69) is 10.6 Å². The van der Waals surface area contributed by atoms with Crippen LogP contribution in [0.4, 0.5) is 16.2 Å². The second-order valence-corrected chi connectivity index (χ2v) is 9.03. The molecule has 0 saturated carbocycles. The third kappa shape index (κ3) is 3.75. The van der Waals surface area contributed by atoms with Crippen LogP contribution in [0.2, 0.25) is 0 Å². The van der Waals surface area contributed by atoms with Crippen molar-refractivity contribution in [2.75, 3.05) is 23.3 Å². The SMILES string of the molecule is C[C@@]1(c2ccc3c(c2)CCC3)NC(=O)N(CC(=O)Nc2ccc(N3CCCC3=O)cc2)C1=O. The summed E-state index contributed by atoms with van der Waals surface area (Å²) in [5.74, 6) is -0.818. The number of nitrogens with zero attached hydrogens (tertiary/aromatic N) is 2. The van der Waals surface area contributed by atoms with Gasteiger partial charge in [-0.3, -0.25) is 19.3 Å². The number of amides is 5. The van der Waals surface area contributed by atoms with E-state index < -0.39 is 23.4 Å². The first kappa shape index (κ1) is 21.2. The van der Waals surface area contributed by atoms with Crippen LogP contribution in [-0.4, -0.2) is 41.7 Å². The molecule has 8 nitrogen and oxygen atoms in total. The zero-order valence-corrected chi connectivity index (χ0v) is 18.5. The van der Waals surface area contributed by atoms with E-state index in [1.807, 2.05) is 18.2 Å². The van der Waals surface area contributed by atoms with Gasteiger partial charge in [0.25, 0.3) is 5.91 Å². The van der Waals surface area contributed by atoms with Crippen molar-refractivity contribution in [2.45, 2.75) is 44.6 Å². The predicted octanol–water partition coefficient (Wildman–Crippen LogP) is 2.71. The minimum absolute atomic E-state index is 0.0942. The summed E-state index contributed by atoms with van der Waals surface area (Å²) in [5, 5.41) is 5.49. The Morgan fingerprint density at radius 3 is 2.48 bits per heavy atom. The van der Waals surface area contributed by atoms with Crippen molar-refractivity contribution in [3.8, 4) is 0 Å². The Morgan fingerprint density at radius 1 is 1.00 bits per heavy atom. The maximum absolute atomic E-state index is 13.2. The van der Waals surface area contributed by atoms with E-state index in [1.165, 1.54) is 11.1 Å². The molecule has 2 aliphatic heterocycles. The number of nitrogens with one attached hydrogen (secondary N) is 2. The average Bonchev–Trinajstić information content (AvgIpc) is 3.49. The molecule has 5 rings (SSSR count). The van der Waals surface area contributed by atoms with Crippen LogP contribution in [0.3, 0.4) is 0 Å². The van der Waals surface area contributed by atoms with Gasteiger partial charge in [-0.05, 0) is 73.6 Å². The molecular weight excluding hydrogens is 420 g/mol. The van der Waals surface area contributed by atoms with Gasteiger partial charge in [-0.25, -0.2) is 4.79 Å². The zero-order valence-electron chi connectivity index (χ0n) is 18.5. The summed E-state index contributed by atoms with van der Waals surface area (Å²) in [6.45, 7) is 2.00. The van der Waals surface area contributed by atoms with E-state index in [1.54, 1.807) is 36.1 Å². The fourth-order valence-electron chi connectivity index (χ4n) is 4.91. The number of carbonyl (C=O) groups is 4. The number of benzene rings is 2. The summed E-state index contributed by atoms with van der Waals surface area (Å²) in [6, 6.07) is 12.3. The number of anilines is 2. The number of imide groups is 1. The van der Waals surface area contributed by atoms with Gasteiger partial charge in [0.05, 0.1) is 0 Å². The molecule has 2 heterocycles. The molecule has 170 valence electrons. The molecule has 2 fully saturated rings. The molecule has 0 unspecified atom stereocenters. The molecule has 0 aromatic heterocycles. The number of hydrogen-bond acceptors (Lipinski definition) is 4. The lowest BCUT2D eigenvalue weighted by Gasteiger charge is -2.23. The molecule has 33 heavy (non-hydrogen) atoms. The van der Waals surface area contributed by atoms with Crippen molar-refractivity contribution in [3.63, 3.8) is 0 Å².